The van der Waals surface area contributed by atoms with Crippen molar-refractivity contribution >= 4 is 36.9 Å². The third-order valence-electron chi connectivity index (χ3n) is 5.22. The number of hydrogen-bond acceptors (Lipinski definition) is 7. The number of aromatic nitrogens is 3. The highest BCUT2D eigenvalue weighted by atomic mass is 35.5. The molecule has 1 aromatic carbocycles. The van der Waals surface area contributed by atoms with Gasteiger partial charge in [-0.2, -0.15) is 5.10 Å². The number of nitrogens with two attached hydrogens (primary N) is 1. The van der Waals surface area contributed by atoms with Gasteiger partial charge in [-0.05, 0) is 25.1 Å². The summed E-state index contributed by atoms with van der Waals surface area (Å²) in [6.45, 7) is 6.56. The molecule has 3 heterocycles. The molecule has 1 aliphatic heterocycles. The summed E-state index contributed by atoms with van der Waals surface area (Å²) in [6.07, 6.45) is 4.45. The lowest BCUT2D eigenvalue weighted by Crippen LogP contribution is -2.56. The van der Waals surface area contributed by atoms with Crippen LogP contribution in [0.15, 0.2) is 36.8 Å². The first-order chi connectivity index (χ1) is 16.6. The second-order valence-electron chi connectivity index (χ2n) is 7.81. The molecule has 1 aliphatic rings. The Bertz CT molecular complexity index is 1150. The number of benzene rings is 1. The molecule has 0 bridgehead atoms. The molecule has 1 saturated heterocycles. The summed E-state index contributed by atoms with van der Waals surface area (Å²) in [5.74, 6) is -0.124. The second-order valence-corrected chi connectivity index (χ2v) is 8.59. The summed E-state index contributed by atoms with van der Waals surface area (Å²) >= 11 is 12.3. The average Bonchev–Trinajstić information content (AvgIpc) is 3.29. The van der Waals surface area contributed by atoms with E-state index in [1.165, 1.54) is 12.1 Å². The van der Waals surface area contributed by atoms with Gasteiger partial charge >= 0.3 is 0 Å². The molecule has 0 amide bonds. The van der Waals surface area contributed by atoms with Crippen molar-refractivity contribution in [3.8, 4) is 16.9 Å². The predicted octanol–water partition coefficient (Wildman–Crippen LogP) is 3.94. The number of nitrogen functional groups attached to an aromatic ring is 1. The number of halogens is 3. The summed E-state index contributed by atoms with van der Waals surface area (Å²) in [7, 11) is 5.52. The fourth-order valence-electron chi connectivity index (χ4n) is 3.47. The maximum atomic E-state index is 13.9. The number of anilines is 1. The van der Waals surface area contributed by atoms with E-state index in [1.807, 2.05) is 20.0 Å². The minimum Gasteiger partial charge on any atom is -0.482 e. The molecule has 0 aliphatic carbocycles. The van der Waals surface area contributed by atoms with E-state index in [0.29, 0.717) is 17.9 Å². The Morgan fingerprint density at radius 3 is 2.80 bits per heavy atom. The monoisotopic (exact) mass is 521 g/mol. The third kappa shape index (κ3) is 6.65. The highest BCUT2D eigenvalue weighted by Crippen LogP contribution is 2.36. The zero-order chi connectivity index (χ0) is 25.8. The lowest BCUT2D eigenvalue weighted by atomic mass is 9.93. The number of nitrogens with zero attached hydrogens (tertiary/aromatic N) is 3. The summed E-state index contributed by atoms with van der Waals surface area (Å²) in [5.41, 5.74) is 6.17. The number of pyridine rings is 1. The molecule has 12 heteroatoms. The first-order valence-corrected chi connectivity index (χ1v) is 11.9. The molecule has 186 valence electrons. The topological polar surface area (TPSA) is 107 Å². The van der Waals surface area contributed by atoms with Crippen LogP contribution in [-0.4, -0.2) is 52.6 Å². The molecule has 2 aromatic heterocycles. The van der Waals surface area contributed by atoms with Crippen LogP contribution >= 0.6 is 23.2 Å². The van der Waals surface area contributed by atoms with Gasteiger partial charge in [0.05, 0.1) is 30.4 Å². The number of morpholine rings is 1. The van der Waals surface area contributed by atoms with Crippen molar-refractivity contribution in [1.29, 1.82) is 0 Å². The van der Waals surface area contributed by atoms with Gasteiger partial charge in [0.2, 0.25) is 0 Å². The minimum absolute atomic E-state index is 0.0633. The quantitative estimate of drug-likeness (QED) is 0.333. The van der Waals surface area contributed by atoms with Gasteiger partial charge in [0.25, 0.3) is 0 Å². The Morgan fingerprint density at radius 2 is 2.11 bits per heavy atom. The Kier molecular flexibility index (Phi) is 9.01. The molecule has 35 heavy (non-hydrogen) atoms. The Morgan fingerprint density at radius 1 is 1.37 bits per heavy atom. The highest BCUT2D eigenvalue weighted by Gasteiger charge is 2.28. The molecular formula is C23H27BCl2FN5O3. The van der Waals surface area contributed by atoms with E-state index in [1.54, 1.807) is 30.1 Å². The van der Waals surface area contributed by atoms with Gasteiger partial charge in [0, 0.05) is 40.7 Å². The zero-order valence-corrected chi connectivity index (χ0v) is 21.1. The van der Waals surface area contributed by atoms with Crippen LogP contribution in [0.5, 0.6) is 5.75 Å². The Hall–Kier alpha value is -2.37. The number of hydrogen-bond donors (Lipinski definition) is 3. The fraction of sp³-hybridized carbons (Fsp3) is 0.391. The molecule has 1 fully saturated rings. The standard InChI is InChI=1S/C21H21BCl2FN5O3.C2H6/c1-11(18-15(23)2-3-16(25)19(18)24)33-17-4-12(5-27-20(17)26)13-6-29-30(7-13)8-14-9-32-21(22,31)10-28-14;1-2/h2-7,11,14,28,31H,8-10H2,1H3,(H2,26,27);1-2H3. The van der Waals surface area contributed by atoms with Crippen LogP contribution in [-0.2, 0) is 11.3 Å². The largest absolute Gasteiger partial charge is 0.482 e. The smallest absolute Gasteiger partial charge is 0.166 e. The van der Waals surface area contributed by atoms with Gasteiger partial charge in [0.1, 0.15) is 17.6 Å². The maximum Gasteiger partial charge on any atom is 0.166 e. The van der Waals surface area contributed by atoms with Gasteiger partial charge < -0.3 is 25.6 Å². The summed E-state index contributed by atoms with van der Waals surface area (Å²) in [4.78, 5) is 4.21. The van der Waals surface area contributed by atoms with Gasteiger partial charge in [0.15, 0.2) is 19.4 Å². The summed E-state index contributed by atoms with van der Waals surface area (Å²) in [5, 5.41) is 17.3. The van der Waals surface area contributed by atoms with Crippen molar-refractivity contribution in [3.05, 3.63) is 58.2 Å². The SMILES string of the molecule is CC.[B]C1(O)CNC(Cn2cc(-c3cnc(N)c(OC(C)c4c(Cl)ccc(F)c4Cl)c3)cn2)CO1. The van der Waals surface area contributed by atoms with E-state index in [-0.39, 0.29) is 35.1 Å². The van der Waals surface area contributed by atoms with E-state index in [9.17, 15) is 9.50 Å². The van der Waals surface area contributed by atoms with Crippen molar-refractivity contribution in [3.63, 3.8) is 0 Å². The molecule has 3 aromatic rings. The molecule has 3 unspecified atom stereocenters. The van der Waals surface area contributed by atoms with E-state index in [4.69, 9.17) is 46.3 Å². The van der Waals surface area contributed by atoms with Crippen molar-refractivity contribution in [2.24, 2.45) is 0 Å². The average molecular weight is 522 g/mol. The van der Waals surface area contributed by atoms with Crippen LogP contribution in [0, 0.1) is 5.82 Å². The number of β-amino-alcohol motifs (C(OH)–C–C–N with tert-alkyl or cyclic N) is 1. The van der Waals surface area contributed by atoms with Crippen LogP contribution in [0.25, 0.3) is 11.1 Å². The molecule has 8 nitrogen and oxygen atoms in total. The van der Waals surface area contributed by atoms with Crippen molar-refractivity contribution in [1.82, 2.24) is 20.1 Å². The predicted molar refractivity (Wildman–Crippen MR) is 135 cm³/mol. The minimum atomic E-state index is -1.66. The van der Waals surface area contributed by atoms with Crippen LogP contribution in [0.4, 0.5) is 10.2 Å². The molecule has 2 radical (unpaired) electrons. The van der Waals surface area contributed by atoms with Crippen LogP contribution < -0.4 is 15.8 Å². The van der Waals surface area contributed by atoms with Crippen molar-refractivity contribution in [2.75, 3.05) is 18.9 Å². The lowest BCUT2D eigenvalue weighted by molar-refractivity contribution is -0.163. The summed E-state index contributed by atoms with van der Waals surface area (Å²) < 4.78 is 26.8. The van der Waals surface area contributed by atoms with Crippen LogP contribution in [0.3, 0.4) is 0 Å². The molecule has 4 N–H and O–H groups in total. The zero-order valence-electron chi connectivity index (χ0n) is 19.6. The normalized spacial score (nSPS) is 20.6. The molecule has 0 spiro atoms. The number of rotatable bonds is 6. The molecule has 0 saturated carbocycles. The van der Waals surface area contributed by atoms with Gasteiger partial charge in [-0.25, -0.2) is 9.37 Å². The molecule has 4 rings (SSSR count). The van der Waals surface area contributed by atoms with E-state index >= 15 is 0 Å². The van der Waals surface area contributed by atoms with Crippen LogP contribution in [0.2, 0.25) is 10.0 Å². The van der Waals surface area contributed by atoms with E-state index in [0.717, 1.165) is 11.1 Å². The van der Waals surface area contributed by atoms with Crippen molar-refractivity contribution in [2.45, 2.75) is 45.1 Å². The number of ether oxygens (including phenoxy) is 2. The lowest BCUT2D eigenvalue weighted by Gasteiger charge is -2.35. The van der Waals surface area contributed by atoms with Crippen molar-refractivity contribution < 1.29 is 19.0 Å². The Balaban J connectivity index is 0.00000167. The van der Waals surface area contributed by atoms with Gasteiger partial charge in [-0.15, -0.1) is 0 Å². The van der Waals surface area contributed by atoms with Crippen LogP contribution in [0.1, 0.15) is 32.4 Å². The fourth-order valence-corrected chi connectivity index (χ4v) is 4.15. The van der Waals surface area contributed by atoms with Gasteiger partial charge in [-0.3, -0.25) is 4.68 Å². The molecular weight excluding hydrogens is 495 g/mol. The number of aliphatic hydroxyl groups is 1. The van der Waals surface area contributed by atoms with Gasteiger partial charge in [-0.1, -0.05) is 37.0 Å². The first-order valence-electron chi connectivity index (χ1n) is 11.1. The third-order valence-corrected chi connectivity index (χ3v) is 5.94. The first kappa shape index (κ1) is 27.2. The van der Waals surface area contributed by atoms with E-state index in [2.05, 4.69) is 15.4 Å². The van der Waals surface area contributed by atoms with E-state index < -0.39 is 17.6 Å². The Labute approximate surface area is 214 Å². The highest BCUT2D eigenvalue weighted by molar-refractivity contribution is 6.36. The summed E-state index contributed by atoms with van der Waals surface area (Å²) in [6, 6.07) is 4.27. The maximum absolute atomic E-state index is 13.9. The second kappa shape index (κ2) is 11.6. The molecule has 3 atom stereocenters. The number of nitrogens with one attached hydrogen (secondary N) is 1.